The number of nitrogens with zero attached hydrogens (tertiary/aromatic N) is 3. The minimum Gasteiger partial charge on any atom is -0.444 e. The Balaban J connectivity index is 1.71. The lowest BCUT2D eigenvalue weighted by Crippen LogP contribution is -2.38. The van der Waals surface area contributed by atoms with E-state index in [1.807, 2.05) is 35.0 Å². The number of carbonyl (C=O) groups is 1. The van der Waals surface area contributed by atoms with Gasteiger partial charge in [0.15, 0.2) is 0 Å². The van der Waals surface area contributed by atoms with Crippen LogP contribution in [-0.4, -0.2) is 22.4 Å². The molecule has 0 fully saturated rings. The number of hydrogen-bond acceptors (Lipinski definition) is 3. The van der Waals surface area contributed by atoms with E-state index in [0.717, 1.165) is 27.9 Å². The second-order valence-electron chi connectivity index (χ2n) is 4.58. The number of halogens is 1. The van der Waals surface area contributed by atoms with Crippen molar-refractivity contribution in [2.75, 3.05) is 11.4 Å². The number of amides is 1. The van der Waals surface area contributed by atoms with Crippen LogP contribution in [-0.2, 0) is 17.9 Å². The number of anilines is 1. The number of aryl methyl sites for hydroxylation is 1. The molecule has 1 amide bonds. The Hall–Kier alpha value is -1.57. The molecule has 2 heterocycles. The molecule has 0 saturated carbocycles. The van der Waals surface area contributed by atoms with E-state index in [9.17, 15) is 4.79 Å². The van der Waals surface area contributed by atoms with Gasteiger partial charge < -0.3 is 4.74 Å². The predicted octanol–water partition coefficient (Wildman–Crippen LogP) is 3.03. The highest BCUT2D eigenvalue weighted by Gasteiger charge is 2.27. The number of ether oxygens (including phenoxy) is 1. The second-order valence-corrected chi connectivity index (χ2v) is 5.75. The van der Waals surface area contributed by atoms with Gasteiger partial charge in [0, 0.05) is 13.1 Å². The molecule has 0 aliphatic carbocycles. The molecule has 1 aromatic heterocycles. The fourth-order valence-electron chi connectivity index (χ4n) is 2.25. The summed E-state index contributed by atoms with van der Waals surface area (Å²) in [7, 11) is 0. The highest BCUT2D eigenvalue weighted by molar-refractivity contribution is 14.1. The Kier molecular flexibility index (Phi) is 3.90. The van der Waals surface area contributed by atoms with Crippen LogP contribution in [0.25, 0.3) is 0 Å². The van der Waals surface area contributed by atoms with Crippen molar-refractivity contribution >= 4 is 34.5 Å². The first-order chi connectivity index (χ1) is 9.75. The minimum absolute atomic E-state index is 0.293. The van der Waals surface area contributed by atoms with E-state index >= 15 is 0 Å². The van der Waals surface area contributed by atoms with Gasteiger partial charge in [0.2, 0.25) is 0 Å². The van der Waals surface area contributed by atoms with Gasteiger partial charge in [-0.05, 0) is 34.6 Å². The minimum atomic E-state index is -0.312. The van der Waals surface area contributed by atoms with E-state index in [0.29, 0.717) is 13.2 Å². The van der Waals surface area contributed by atoms with E-state index in [4.69, 9.17) is 4.74 Å². The van der Waals surface area contributed by atoms with Gasteiger partial charge in [0.05, 0.1) is 9.77 Å². The standard InChI is InChI=1S/C14H14IN3O2/c15-12-9-16-18-8-4-7-17(13(12)18)14(19)20-10-11-5-2-1-3-6-11/h1-3,5-6,9H,4,7-8,10H2. The van der Waals surface area contributed by atoms with Gasteiger partial charge in [-0.1, -0.05) is 30.3 Å². The Bertz CT molecular complexity index is 612. The predicted molar refractivity (Wildman–Crippen MR) is 83.5 cm³/mol. The van der Waals surface area contributed by atoms with Crippen LogP contribution in [0.3, 0.4) is 0 Å². The number of carbonyl (C=O) groups excluding carboxylic acids is 1. The number of aromatic nitrogens is 2. The second kappa shape index (κ2) is 5.82. The third kappa shape index (κ3) is 2.65. The third-order valence-corrected chi connectivity index (χ3v) is 3.96. The van der Waals surface area contributed by atoms with Crippen LogP contribution in [0.4, 0.5) is 10.6 Å². The lowest BCUT2D eigenvalue weighted by Gasteiger charge is -2.27. The van der Waals surface area contributed by atoms with Gasteiger partial charge in [-0.2, -0.15) is 5.10 Å². The summed E-state index contributed by atoms with van der Waals surface area (Å²) in [5.74, 6) is 0.843. The molecule has 6 heteroatoms. The zero-order valence-electron chi connectivity index (χ0n) is 10.8. The summed E-state index contributed by atoms with van der Waals surface area (Å²) in [6.07, 6.45) is 2.36. The van der Waals surface area contributed by atoms with Crippen LogP contribution >= 0.6 is 22.6 Å². The first-order valence-electron chi connectivity index (χ1n) is 6.45. The lowest BCUT2D eigenvalue weighted by molar-refractivity contribution is 0.145. The highest BCUT2D eigenvalue weighted by Crippen LogP contribution is 2.26. The topological polar surface area (TPSA) is 47.4 Å². The Morgan fingerprint density at radius 2 is 2.10 bits per heavy atom. The molecule has 0 unspecified atom stereocenters. The van der Waals surface area contributed by atoms with Gasteiger partial charge in [0.25, 0.3) is 0 Å². The van der Waals surface area contributed by atoms with Crippen molar-refractivity contribution < 1.29 is 9.53 Å². The molecule has 0 atom stereocenters. The molecule has 104 valence electrons. The summed E-state index contributed by atoms with van der Waals surface area (Å²) < 4.78 is 8.22. The quantitative estimate of drug-likeness (QED) is 0.750. The van der Waals surface area contributed by atoms with E-state index in [1.54, 1.807) is 11.1 Å². The maximum atomic E-state index is 12.2. The number of benzene rings is 1. The molecule has 0 bridgehead atoms. The van der Waals surface area contributed by atoms with Crippen molar-refractivity contribution in [2.24, 2.45) is 0 Å². The van der Waals surface area contributed by atoms with Crippen molar-refractivity contribution in [3.63, 3.8) is 0 Å². The molecule has 5 nitrogen and oxygen atoms in total. The molecule has 20 heavy (non-hydrogen) atoms. The lowest BCUT2D eigenvalue weighted by atomic mass is 10.2. The van der Waals surface area contributed by atoms with Gasteiger partial charge in [-0.25, -0.2) is 9.48 Å². The first-order valence-corrected chi connectivity index (χ1v) is 7.53. The summed E-state index contributed by atoms with van der Waals surface area (Å²) in [5.41, 5.74) is 0.987. The normalized spacial score (nSPS) is 13.9. The first kappa shape index (κ1) is 13.4. The molecule has 2 aromatic rings. The van der Waals surface area contributed by atoms with Crippen molar-refractivity contribution in [3.8, 4) is 0 Å². The molecule has 1 aliphatic rings. The van der Waals surface area contributed by atoms with Crippen LogP contribution in [0.15, 0.2) is 36.5 Å². The SMILES string of the molecule is O=C(OCc1ccccc1)N1CCCn2ncc(I)c21. The molecule has 0 saturated heterocycles. The molecule has 1 aliphatic heterocycles. The van der Waals surface area contributed by atoms with Gasteiger partial charge >= 0.3 is 6.09 Å². The van der Waals surface area contributed by atoms with Crippen molar-refractivity contribution in [1.82, 2.24) is 9.78 Å². The van der Waals surface area contributed by atoms with Gasteiger partial charge in [-0.15, -0.1) is 0 Å². The summed E-state index contributed by atoms with van der Waals surface area (Å²) in [6, 6.07) is 9.69. The monoisotopic (exact) mass is 383 g/mol. The number of fused-ring (bicyclic) bond motifs is 1. The van der Waals surface area contributed by atoms with E-state index in [2.05, 4.69) is 27.7 Å². The summed E-state index contributed by atoms with van der Waals surface area (Å²) >= 11 is 2.19. The summed E-state index contributed by atoms with van der Waals surface area (Å²) in [4.78, 5) is 13.9. The molecule has 1 aromatic carbocycles. The Morgan fingerprint density at radius 1 is 1.30 bits per heavy atom. The highest BCUT2D eigenvalue weighted by atomic mass is 127. The fourth-order valence-corrected chi connectivity index (χ4v) is 2.94. The molecule has 0 radical (unpaired) electrons. The fraction of sp³-hybridized carbons (Fsp3) is 0.286. The van der Waals surface area contributed by atoms with Crippen molar-refractivity contribution in [1.29, 1.82) is 0 Å². The average molecular weight is 383 g/mol. The van der Waals surface area contributed by atoms with Crippen LogP contribution in [0.5, 0.6) is 0 Å². The van der Waals surface area contributed by atoms with Crippen LogP contribution in [0.2, 0.25) is 0 Å². The maximum absolute atomic E-state index is 12.2. The molecule has 0 spiro atoms. The van der Waals surface area contributed by atoms with Gasteiger partial charge in [-0.3, -0.25) is 4.90 Å². The number of hydrogen-bond donors (Lipinski definition) is 0. The Morgan fingerprint density at radius 3 is 2.90 bits per heavy atom. The summed E-state index contributed by atoms with van der Waals surface area (Å²) in [5, 5.41) is 4.27. The molecular weight excluding hydrogens is 369 g/mol. The van der Waals surface area contributed by atoms with E-state index < -0.39 is 0 Å². The van der Waals surface area contributed by atoms with Gasteiger partial charge in [0.1, 0.15) is 12.4 Å². The average Bonchev–Trinajstić information content (AvgIpc) is 2.87. The van der Waals surface area contributed by atoms with E-state index in [-0.39, 0.29) is 6.09 Å². The van der Waals surface area contributed by atoms with Crippen LogP contribution in [0, 0.1) is 3.57 Å². The smallest absolute Gasteiger partial charge is 0.415 e. The summed E-state index contributed by atoms with van der Waals surface area (Å²) in [6.45, 7) is 1.82. The van der Waals surface area contributed by atoms with Crippen molar-refractivity contribution in [3.05, 3.63) is 45.7 Å². The van der Waals surface area contributed by atoms with E-state index in [1.165, 1.54) is 0 Å². The molecule has 0 N–H and O–H groups in total. The third-order valence-electron chi connectivity index (χ3n) is 3.20. The maximum Gasteiger partial charge on any atom is 0.415 e. The van der Waals surface area contributed by atoms with Crippen molar-refractivity contribution in [2.45, 2.75) is 19.6 Å². The zero-order valence-corrected chi connectivity index (χ0v) is 13.0. The number of rotatable bonds is 2. The molecular formula is C14H14IN3O2. The Labute approximate surface area is 130 Å². The molecule has 3 rings (SSSR count). The largest absolute Gasteiger partial charge is 0.444 e. The van der Waals surface area contributed by atoms with Crippen LogP contribution < -0.4 is 4.90 Å². The zero-order chi connectivity index (χ0) is 13.9. The van der Waals surface area contributed by atoms with Crippen LogP contribution in [0.1, 0.15) is 12.0 Å².